The van der Waals surface area contributed by atoms with Gasteiger partial charge in [-0.3, -0.25) is 0 Å². The third-order valence-corrected chi connectivity index (χ3v) is 19.2. The topological polar surface area (TPSA) is 9.72 Å². The van der Waals surface area contributed by atoms with E-state index in [-0.39, 0.29) is 10.8 Å². The van der Waals surface area contributed by atoms with Crippen LogP contribution in [0.2, 0.25) is 0 Å². The average Bonchev–Trinajstić information content (AvgIpc) is 0.726. The largest absolute Gasteiger partial charge is 0.310 e. The Labute approximate surface area is 507 Å². The second-order valence-corrected chi connectivity index (χ2v) is 25.0. The lowest BCUT2D eigenvalue weighted by Crippen LogP contribution is -2.38. The molecule has 15 aromatic rings. The number of rotatable bonds is 8. The van der Waals surface area contributed by atoms with Gasteiger partial charge in [0.1, 0.15) is 0 Å². The van der Waals surface area contributed by atoms with Crippen molar-refractivity contribution in [1.82, 2.24) is 0 Å². The number of hydrogen-bond donors (Lipinski definition) is 0. The van der Waals surface area contributed by atoms with Crippen LogP contribution in [0, 0.1) is 0 Å². The maximum Gasteiger partial charge on any atom is 0.0543 e. The molecule has 412 valence electrons. The summed E-state index contributed by atoms with van der Waals surface area (Å²) in [4.78, 5) is 7.38. The summed E-state index contributed by atoms with van der Waals surface area (Å²) in [5, 5.41) is 14.6. The van der Waals surface area contributed by atoms with Crippen molar-refractivity contribution in [1.29, 1.82) is 0 Å². The van der Waals surface area contributed by atoms with Crippen molar-refractivity contribution in [2.75, 3.05) is 14.7 Å². The molecule has 0 fully saturated rings. The maximum absolute atomic E-state index is 2.58. The van der Waals surface area contributed by atoms with Crippen LogP contribution in [-0.4, -0.2) is 0 Å². The number of benzene rings is 15. The summed E-state index contributed by atoms with van der Waals surface area (Å²) in [6.45, 7) is 9.67. The number of nitrogens with zero attached hydrogens (tertiary/aromatic N) is 3. The predicted octanol–water partition coefficient (Wildman–Crippen LogP) is 23.6. The van der Waals surface area contributed by atoms with Gasteiger partial charge in [-0.25, -0.2) is 0 Å². The fourth-order valence-corrected chi connectivity index (χ4v) is 14.5. The fourth-order valence-electron chi connectivity index (χ4n) is 14.5. The molecule has 2 heterocycles. The Hall–Kier alpha value is -10.7. The molecule has 0 aliphatic carbocycles. The summed E-state index contributed by atoms with van der Waals surface area (Å²) in [5.41, 5.74) is 20.2. The zero-order valence-electron chi connectivity index (χ0n) is 49.1. The van der Waals surface area contributed by atoms with E-state index in [1.54, 1.807) is 0 Å². The molecule has 0 saturated carbocycles. The van der Waals surface area contributed by atoms with Crippen molar-refractivity contribution in [3.8, 4) is 22.3 Å². The summed E-state index contributed by atoms with van der Waals surface area (Å²) in [6.07, 6.45) is 0. The summed E-state index contributed by atoms with van der Waals surface area (Å²) in [5.74, 6) is 0. The van der Waals surface area contributed by atoms with Crippen LogP contribution >= 0.6 is 0 Å². The highest BCUT2D eigenvalue weighted by molar-refractivity contribution is 6.00. The first-order valence-electron chi connectivity index (χ1n) is 30.4. The van der Waals surface area contributed by atoms with Gasteiger partial charge in [0.15, 0.2) is 0 Å². The van der Waals surface area contributed by atoms with Crippen LogP contribution in [0.5, 0.6) is 0 Å². The quantitative estimate of drug-likeness (QED) is 0.150. The highest BCUT2D eigenvalue weighted by Crippen LogP contribution is 2.61. The number of anilines is 9. The van der Waals surface area contributed by atoms with Crippen molar-refractivity contribution in [2.24, 2.45) is 0 Å². The van der Waals surface area contributed by atoms with Crippen LogP contribution in [0.25, 0.3) is 86.9 Å². The van der Waals surface area contributed by atoms with E-state index in [2.05, 4.69) is 340 Å². The second kappa shape index (κ2) is 19.4. The van der Waals surface area contributed by atoms with Crippen LogP contribution in [0.3, 0.4) is 0 Å². The molecule has 15 aromatic carbocycles. The molecule has 17 rings (SSSR count). The Morgan fingerprint density at radius 2 is 0.471 bits per heavy atom. The Bertz CT molecular complexity index is 4850. The van der Waals surface area contributed by atoms with Crippen molar-refractivity contribution in [3.63, 3.8) is 0 Å². The van der Waals surface area contributed by atoms with Crippen LogP contribution in [0.15, 0.2) is 297 Å². The summed E-state index contributed by atoms with van der Waals surface area (Å²) >= 11 is 0. The molecule has 0 amide bonds. The third kappa shape index (κ3) is 8.25. The summed E-state index contributed by atoms with van der Waals surface area (Å²) in [6, 6.07) is 111. The smallest absolute Gasteiger partial charge is 0.0543 e. The molecular weight excluding hydrogens is 1050 g/mol. The normalized spacial score (nSPS) is 13.7. The van der Waals surface area contributed by atoms with E-state index in [1.165, 1.54) is 126 Å². The molecule has 0 spiro atoms. The van der Waals surface area contributed by atoms with Crippen molar-refractivity contribution in [3.05, 3.63) is 320 Å². The Morgan fingerprint density at radius 1 is 0.218 bits per heavy atom. The van der Waals surface area contributed by atoms with Crippen LogP contribution in [0.1, 0.15) is 49.9 Å². The summed E-state index contributed by atoms with van der Waals surface area (Å²) in [7, 11) is 0. The molecule has 0 N–H and O–H groups in total. The van der Waals surface area contributed by atoms with E-state index in [1.807, 2.05) is 0 Å². The molecule has 87 heavy (non-hydrogen) atoms. The lowest BCUT2D eigenvalue weighted by atomic mass is 9.66. The zero-order chi connectivity index (χ0) is 58.1. The number of para-hydroxylation sites is 1. The third-order valence-electron chi connectivity index (χ3n) is 19.2. The molecule has 2 aliphatic heterocycles. The zero-order valence-corrected chi connectivity index (χ0v) is 49.1. The minimum absolute atomic E-state index is 0.256. The Morgan fingerprint density at radius 3 is 0.805 bits per heavy atom. The minimum atomic E-state index is -0.256. The van der Waals surface area contributed by atoms with E-state index >= 15 is 0 Å². The van der Waals surface area contributed by atoms with Gasteiger partial charge in [0.05, 0.1) is 17.1 Å². The van der Waals surface area contributed by atoms with Gasteiger partial charge >= 0.3 is 0 Å². The minimum Gasteiger partial charge on any atom is -0.310 e. The van der Waals surface area contributed by atoms with Gasteiger partial charge in [0, 0.05) is 45.0 Å². The van der Waals surface area contributed by atoms with Gasteiger partial charge in [-0.15, -0.1) is 0 Å². The fraction of sp³-hybridized carbons (Fsp3) is 0.0714. The van der Waals surface area contributed by atoms with E-state index in [4.69, 9.17) is 0 Å². The lowest BCUT2D eigenvalue weighted by Gasteiger charge is -2.49. The first kappa shape index (κ1) is 50.7. The van der Waals surface area contributed by atoms with Crippen LogP contribution in [-0.2, 0) is 10.8 Å². The van der Waals surface area contributed by atoms with Crippen molar-refractivity contribution in [2.45, 2.75) is 38.5 Å². The molecule has 0 aromatic heterocycles. The highest BCUT2D eigenvalue weighted by atomic mass is 15.2. The van der Waals surface area contributed by atoms with E-state index in [0.29, 0.717) is 0 Å². The maximum atomic E-state index is 2.58. The SMILES string of the molecule is CC1(C)c2cc(-c3ccc4cc(N(c5ccc6ccccc6c5)c5ccc6ccccc6c5)ccc4c3)ccc2N2c3ccc(-c4ccc5cc(N(c6ccc7ccccc7c6)c6ccc7ccccc7c6)ccc5c4)cc3C(C)(C)c3cccc1c32. The lowest BCUT2D eigenvalue weighted by molar-refractivity contribution is 0.597. The van der Waals surface area contributed by atoms with Gasteiger partial charge in [0.2, 0.25) is 0 Å². The first-order valence-corrected chi connectivity index (χ1v) is 30.4. The standard InChI is InChI=1S/C84H61N3/c1-83(2)76-22-13-23-77-82(76)87(80-42-34-68(52-78(80)83)62-24-26-66-50-74(40-32-64(66)44-62)85(70-36-28-54-14-5-9-18-58(54)46-70)71-37-29-55-15-6-10-19-59(55)47-71)81-43-35-69(53-79(81)84(77,3)4)63-25-27-67-51-75(41-33-65(67)45-63)86(72-38-30-56-16-7-11-20-60(56)48-72)73-39-31-57-17-8-12-21-61(57)49-73/h5-53H,1-4H3. The van der Waals surface area contributed by atoms with Crippen molar-refractivity contribution < 1.29 is 0 Å². The monoisotopic (exact) mass is 1110 g/mol. The van der Waals surface area contributed by atoms with Crippen LogP contribution < -0.4 is 14.7 Å². The summed E-state index contributed by atoms with van der Waals surface area (Å²) < 4.78 is 0. The predicted molar refractivity (Wildman–Crippen MR) is 371 cm³/mol. The second-order valence-electron chi connectivity index (χ2n) is 25.0. The van der Waals surface area contributed by atoms with E-state index in [9.17, 15) is 0 Å². The molecule has 0 radical (unpaired) electrons. The molecule has 3 heteroatoms. The van der Waals surface area contributed by atoms with Crippen LogP contribution in [0.4, 0.5) is 51.2 Å². The van der Waals surface area contributed by atoms with Gasteiger partial charge in [0.25, 0.3) is 0 Å². The number of fused-ring (bicyclic) bond motifs is 10. The molecule has 3 nitrogen and oxygen atoms in total. The van der Waals surface area contributed by atoms with E-state index in [0.717, 1.165) is 34.1 Å². The average molecular weight is 1110 g/mol. The van der Waals surface area contributed by atoms with Gasteiger partial charge in [-0.2, -0.15) is 0 Å². The highest BCUT2D eigenvalue weighted by Gasteiger charge is 2.45. The molecule has 0 saturated heterocycles. The van der Waals surface area contributed by atoms with Gasteiger partial charge < -0.3 is 14.7 Å². The first-order chi connectivity index (χ1) is 42.6. The Kier molecular flexibility index (Phi) is 11.3. The van der Waals surface area contributed by atoms with Gasteiger partial charge in [-0.05, 0) is 218 Å². The Balaban J connectivity index is 0.714. The molecule has 0 atom stereocenters. The molecule has 0 bridgehead atoms. The number of hydrogen-bond acceptors (Lipinski definition) is 3. The van der Waals surface area contributed by atoms with Crippen molar-refractivity contribution >= 4 is 116 Å². The van der Waals surface area contributed by atoms with E-state index < -0.39 is 0 Å². The molecular formula is C84H61N3. The molecule has 2 aliphatic rings. The molecule has 0 unspecified atom stereocenters. The van der Waals surface area contributed by atoms with Gasteiger partial charge in [-0.1, -0.05) is 216 Å².